The second-order valence-corrected chi connectivity index (χ2v) is 5.44. The van der Waals surface area contributed by atoms with Crippen LogP contribution in [0.25, 0.3) is 0 Å². The normalized spacial score (nSPS) is 12.1. The highest BCUT2D eigenvalue weighted by Gasteiger charge is 2.20. The Bertz CT molecular complexity index is 649. The van der Waals surface area contributed by atoms with E-state index in [1.807, 2.05) is 38.1 Å². The lowest BCUT2D eigenvalue weighted by atomic mass is 9.89. The van der Waals surface area contributed by atoms with E-state index < -0.39 is 11.9 Å². The van der Waals surface area contributed by atoms with Crippen LogP contribution in [0.4, 0.5) is 4.39 Å². The summed E-state index contributed by atoms with van der Waals surface area (Å²) in [6.45, 7) is 3.79. The third kappa shape index (κ3) is 3.91. The molecule has 3 heteroatoms. The minimum Gasteiger partial charge on any atom is -0.481 e. The van der Waals surface area contributed by atoms with Crippen molar-refractivity contribution in [2.24, 2.45) is 5.92 Å². The summed E-state index contributed by atoms with van der Waals surface area (Å²) in [6, 6.07) is 12.3. The monoisotopic (exact) mass is 286 g/mol. The fourth-order valence-electron chi connectivity index (χ4n) is 2.51. The largest absolute Gasteiger partial charge is 0.481 e. The van der Waals surface area contributed by atoms with Crippen molar-refractivity contribution in [3.8, 4) is 0 Å². The quantitative estimate of drug-likeness (QED) is 0.904. The van der Waals surface area contributed by atoms with Crippen molar-refractivity contribution in [2.45, 2.75) is 26.7 Å². The molecule has 0 radical (unpaired) electrons. The molecule has 1 unspecified atom stereocenters. The summed E-state index contributed by atoms with van der Waals surface area (Å²) in [5, 5.41) is 9.46. The molecular formula is C18H19FO2. The third-order valence-electron chi connectivity index (χ3n) is 3.85. The lowest BCUT2D eigenvalue weighted by Crippen LogP contribution is -2.20. The number of carbonyl (C=O) groups is 1. The fraction of sp³-hybridized carbons (Fsp3) is 0.278. The molecule has 1 N–H and O–H groups in total. The molecule has 0 spiro atoms. The van der Waals surface area contributed by atoms with Gasteiger partial charge in [-0.25, -0.2) is 4.39 Å². The second kappa shape index (κ2) is 6.53. The Morgan fingerprint density at radius 1 is 1.05 bits per heavy atom. The van der Waals surface area contributed by atoms with E-state index in [2.05, 4.69) is 0 Å². The van der Waals surface area contributed by atoms with E-state index in [1.54, 1.807) is 6.07 Å². The van der Waals surface area contributed by atoms with Crippen LogP contribution in [0.2, 0.25) is 0 Å². The summed E-state index contributed by atoms with van der Waals surface area (Å²) >= 11 is 0. The Hall–Kier alpha value is -2.16. The Balaban J connectivity index is 2.20. The first kappa shape index (κ1) is 15.2. The Labute approximate surface area is 124 Å². The molecule has 0 saturated carbocycles. The van der Waals surface area contributed by atoms with Gasteiger partial charge in [0, 0.05) is 0 Å². The SMILES string of the molecule is Cc1ccccc1CC(Cc1ccc(F)cc1C)C(=O)O. The molecular weight excluding hydrogens is 267 g/mol. The molecule has 2 rings (SSSR count). The molecule has 110 valence electrons. The van der Waals surface area contributed by atoms with E-state index in [1.165, 1.54) is 12.1 Å². The summed E-state index contributed by atoms with van der Waals surface area (Å²) in [5.41, 5.74) is 3.83. The minimum absolute atomic E-state index is 0.290. The van der Waals surface area contributed by atoms with Crippen LogP contribution in [0.3, 0.4) is 0 Å². The van der Waals surface area contributed by atoms with Gasteiger partial charge in [-0.3, -0.25) is 4.79 Å². The highest BCUT2D eigenvalue weighted by Crippen LogP contribution is 2.20. The van der Waals surface area contributed by atoms with Gasteiger partial charge in [0.2, 0.25) is 0 Å². The van der Waals surface area contributed by atoms with Crippen LogP contribution in [0.15, 0.2) is 42.5 Å². The van der Waals surface area contributed by atoms with Gasteiger partial charge in [0.05, 0.1) is 5.92 Å². The molecule has 0 bridgehead atoms. The van der Waals surface area contributed by atoms with Crippen molar-refractivity contribution in [1.82, 2.24) is 0 Å². The predicted molar refractivity (Wildman–Crippen MR) is 80.8 cm³/mol. The van der Waals surface area contributed by atoms with Gasteiger partial charge in [-0.1, -0.05) is 30.3 Å². The highest BCUT2D eigenvalue weighted by atomic mass is 19.1. The minimum atomic E-state index is -0.818. The first-order valence-corrected chi connectivity index (χ1v) is 6.99. The number of hydrogen-bond donors (Lipinski definition) is 1. The molecule has 0 aliphatic carbocycles. The van der Waals surface area contributed by atoms with Crippen molar-refractivity contribution >= 4 is 5.97 Å². The van der Waals surface area contributed by atoms with Crippen LogP contribution < -0.4 is 0 Å². The molecule has 0 fully saturated rings. The molecule has 2 aromatic carbocycles. The molecule has 1 atom stereocenters. The summed E-state index contributed by atoms with van der Waals surface area (Å²) in [7, 11) is 0. The van der Waals surface area contributed by atoms with Crippen LogP contribution in [-0.4, -0.2) is 11.1 Å². The van der Waals surface area contributed by atoms with Gasteiger partial charge in [0.1, 0.15) is 5.82 Å². The van der Waals surface area contributed by atoms with Crippen molar-refractivity contribution in [2.75, 3.05) is 0 Å². The number of benzene rings is 2. The van der Waals surface area contributed by atoms with E-state index in [9.17, 15) is 14.3 Å². The number of aryl methyl sites for hydroxylation is 2. The number of halogens is 1. The maximum Gasteiger partial charge on any atom is 0.307 e. The second-order valence-electron chi connectivity index (χ2n) is 5.44. The molecule has 21 heavy (non-hydrogen) atoms. The smallest absolute Gasteiger partial charge is 0.307 e. The van der Waals surface area contributed by atoms with Crippen LogP contribution in [-0.2, 0) is 17.6 Å². The lowest BCUT2D eigenvalue weighted by Gasteiger charge is -2.15. The van der Waals surface area contributed by atoms with Crippen molar-refractivity contribution in [3.63, 3.8) is 0 Å². The van der Waals surface area contributed by atoms with Crippen molar-refractivity contribution in [1.29, 1.82) is 0 Å². The zero-order valence-corrected chi connectivity index (χ0v) is 12.3. The Morgan fingerprint density at radius 2 is 1.67 bits per heavy atom. The van der Waals surface area contributed by atoms with E-state index in [0.717, 1.165) is 22.3 Å². The number of hydrogen-bond acceptors (Lipinski definition) is 1. The number of aliphatic carboxylic acids is 1. The van der Waals surface area contributed by atoms with Gasteiger partial charge >= 0.3 is 5.97 Å². The zero-order chi connectivity index (χ0) is 15.4. The predicted octanol–water partition coefficient (Wildman–Crippen LogP) is 3.93. The Morgan fingerprint density at radius 3 is 2.24 bits per heavy atom. The summed E-state index contributed by atoms with van der Waals surface area (Å²) in [5.74, 6) is -1.61. The van der Waals surface area contributed by atoms with Crippen molar-refractivity contribution < 1.29 is 14.3 Å². The zero-order valence-electron chi connectivity index (χ0n) is 12.3. The Kier molecular flexibility index (Phi) is 4.73. The maximum atomic E-state index is 13.1. The van der Waals surface area contributed by atoms with E-state index in [0.29, 0.717) is 12.8 Å². The van der Waals surface area contributed by atoms with Crippen LogP contribution in [0, 0.1) is 25.6 Å². The summed E-state index contributed by atoms with van der Waals surface area (Å²) in [4.78, 5) is 11.5. The molecule has 2 aromatic rings. The standard InChI is InChI=1S/C18H19FO2/c1-12-5-3-4-6-14(12)10-16(18(20)21)11-15-7-8-17(19)9-13(15)2/h3-9,16H,10-11H2,1-2H3,(H,20,21). The van der Waals surface area contributed by atoms with E-state index in [-0.39, 0.29) is 5.82 Å². The van der Waals surface area contributed by atoms with E-state index >= 15 is 0 Å². The molecule has 0 saturated heterocycles. The highest BCUT2D eigenvalue weighted by molar-refractivity contribution is 5.71. The van der Waals surface area contributed by atoms with Gasteiger partial charge in [-0.15, -0.1) is 0 Å². The van der Waals surface area contributed by atoms with Gasteiger partial charge in [-0.2, -0.15) is 0 Å². The van der Waals surface area contributed by atoms with Gasteiger partial charge < -0.3 is 5.11 Å². The van der Waals surface area contributed by atoms with Crippen molar-refractivity contribution in [3.05, 3.63) is 70.5 Å². The maximum absolute atomic E-state index is 13.1. The average Bonchev–Trinajstić information content (AvgIpc) is 2.42. The molecule has 0 aromatic heterocycles. The lowest BCUT2D eigenvalue weighted by molar-refractivity contribution is -0.141. The fourth-order valence-corrected chi connectivity index (χ4v) is 2.51. The number of carboxylic acids is 1. The first-order chi connectivity index (χ1) is 9.97. The summed E-state index contributed by atoms with van der Waals surface area (Å²) in [6.07, 6.45) is 0.897. The van der Waals surface area contributed by atoms with E-state index in [4.69, 9.17) is 0 Å². The number of rotatable bonds is 5. The molecule has 0 heterocycles. The van der Waals surface area contributed by atoms with Crippen LogP contribution in [0.1, 0.15) is 22.3 Å². The van der Waals surface area contributed by atoms with Gasteiger partial charge in [-0.05, 0) is 61.1 Å². The first-order valence-electron chi connectivity index (χ1n) is 6.99. The summed E-state index contributed by atoms with van der Waals surface area (Å²) < 4.78 is 13.1. The molecule has 0 aliphatic rings. The molecule has 0 amide bonds. The average molecular weight is 286 g/mol. The van der Waals surface area contributed by atoms with Gasteiger partial charge in [0.15, 0.2) is 0 Å². The molecule has 2 nitrogen and oxygen atoms in total. The third-order valence-corrected chi connectivity index (χ3v) is 3.85. The van der Waals surface area contributed by atoms with Gasteiger partial charge in [0.25, 0.3) is 0 Å². The topological polar surface area (TPSA) is 37.3 Å². The van der Waals surface area contributed by atoms with Crippen LogP contribution >= 0.6 is 0 Å². The van der Waals surface area contributed by atoms with Crippen LogP contribution in [0.5, 0.6) is 0 Å². The number of carboxylic acid groups (broad SMARTS) is 1. The molecule has 0 aliphatic heterocycles.